The van der Waals surface area contributed by atoms with Gasteiger partial charge in [0.2, 0.25) is 0 Å². The molecule has 0 amide bonds. The first-order valence-corrected chi connectivity index (χ1v) is 8.82. The van der Waals surface area contributed by atoms with Gasteiger partial charge in [0.15, 0.2) is 0 Å². The van der Waals surface area contributed by atoms with Crippen molar-refractivity contribution >= 4 is 22.6 Å². The Bertz CT molecular complexity index is 560. The number of alkyl halides is 1. The van der Waals surface area contributed by atoms with E-state index in [1.54, 1.807) is 0 Å². The predicted molar refractivity (Wildman–Crippen MR) is 92.3 cm³/mol. The van der Waals surface area contributed by atoms with Crippen LogP contribution in [0.4, 0.5) is 0 Å². The number of fused-ring (bicyclic) bond motifs is 1. The Morgan fingerprint density at radius 1 is 1.10 bits per heavy atom. The first-order valence-electron chi connectivity index (χ1n) is 8.28. The van der Waals surface area contributed by atoms with Crippen molar-refractivity contribution in [3.05, 3.63) is 29.6 Å². The van der Waals surface area contributed by atoms with Crippen LogP contribution in [0.1, 0.15) is 56.8 Å². The van der Waals surface area contributed by atoms with E-state index in [1.807, 2.05) is 0 Å². The number of imidazole rings is 1. The molecule has 2 nitrogen and oxygen atoms in total. The van der Waals surface area contributed by atoms with Gasteiger partial charge in [-0.2, -0.15) is 0 Å². The van der Waals surface area contributed by atoms with Crippen LogP contribution in [0.3, 0.4) is 0 Å². The van der Waals surface area contributed by atoms with Crippen molar-refractivity contribution in [2.75, 3.05) is 5.88 Å². The Morgan fingerprint density at radius 2 is 1.86 bits per heavy atom. The highest BCUT2D eigenvalue weighted by Crippen LogP contribution is 2.21. The molecule has 0 radical (unpaired) electrons. The number of aromatic nitrogens is 2. The summed E-state index contributed by atoms with van der Waals surface area (Å²) in [5.74, 6) is 1.78. The SMILES string of the molecule is CCCCCCCCn1c(CCCl)nc2cccc(C)c21. The van der Waals surface area contributed by atoms with E-state index in [1.165, 1.54) is 49.6 Å². The van der Waals surface area contributed by atoms with Gasteiger partial charge in [-0.1, -0.05) is 51.2 Å². The average molecular weight is 307 g/mol. The standard InChI is InChI=1S/C18H27ClN2/c1-3-4-5-6-7-8-14-21-17(12-13-19)20-16-11-9-10-15(2)18(16)21/h9-11H,3-8,12-14H2,1-2H3. The van der Waals surface area contributed by atoms with Crippen molar-refractivity contribution in [3.8, 4) is 0 Å². The van der Waals surface area contributed by atoms with E-state index < -0.39 is 0 Å². The lowest BCUT2D eigenvalue weighted by atomic mass is 10.1. The minimum Gasteiger partial charge on any atom is -0.328 e. The number of unbranched alkanes of at least 4 members (excludes halogenated alkanes) is 5. The highest BCUT2D eigenvalue weighted by molar-refractivity contribution is 6.17. The van der Waals surface area contributed by atoms with Gasteiger partial charge in [0.1, 0.15) is 5.82 Å². The van der Waals surface area contributed by atoms with E-state index in [0.717, 1.165) is 24.3 Å². The van der Waals surface area contributed by atoms with Gasteiger partial charge in [0, 0.05) is 18.8 Å². The first-order chi connectivity index (χ1) is 10.3. The molecule has 116 valence electrons. The van der Waals surface area contributed by atoms with Crippen LogP contribution in [0.15, 0.2) is 18.2 Å². The number of hydrogen-bond donors (Lipinski definition) is 0. The summed E-state index contributed by atoms with van der Waals surface area (Å²) in [6.45, 7) is 5.50. The minimum absolute atomic E-state index is 0.638. The number of halogens is 1. The molecule has 1 aromatic carbocycles. The van der Waals surface area contributed by atoms with Crippen molar-refractivity contribution in [1.29, 1.82) is 0 Å². The van der Waals surface area contributed by atoms with Crippen LogP contribution in [0.25, 0.3) is 11.0 Å². The zero-order valence-corrected chi connectivity index (χ0v) is 14.1. The van der Waals surface area contributed by atoms with Crippen LogP contribution in [0.2, 0.25) is 0 Å². The van der Waals surface area contributed by atoms with Gasteiger partial charge in [0.05, 0.1) is 11.0 Å². The van der Waals surface area contributed by atoms with Gasteiger partial charge in [-0.15, -0.1) is 11.6 Å². The van der Waals surface area contributed by atoms with E-state index in [4.69, 9.17) is 16.6 Å². The van der Waals surface area contributed by atoms with E-state index in [9.17, 15) is 0 Å². The maximum atomic E-state index is 5.94. The third-order valence-electron chi connectivity index (χ3n) is 4.10. The van der Waals surface area contributed by atoms with Gasteiger partial charge in [-0.25, -0.2) is 4.98 Å². The quantitative estimate of drug-likeness (QED) is 0.442. The van der Waals surface area contributed by atoms with E-state index >= 15 is 0 Å². The molecule has 21 heavy (non-hydrogen) atoms. The smallest absolute Gasteiger partial charge is 0.111 e. The minimum atomic E-state index is 0.638. The third kappa shape index (κ3) is 4.23. The van der Waals surface area contributed by atoms with Crippen LogP contribution in [0.5, 0.6) is 0 Å². The molecule has 0 spiro atoms. The molecule has 0 fully saturated rings. The van der Waals surface area contributed by atoms with E-state index in [0.29, 0.717) is 5.88 Å². The predicted octanol–water partition coefficient (Wildman–Crippen LogP) is 5.49. The summed E-state index contributed by atoms with van der Waals surface area (Å²) in [5, 5.41) is 0. The van der Waals surface area contributed by atoms with Gasteiger partial charge < -0.3 is 4.57 Å². The van der Waals surface area contributed by atoms with Gasteiger partial charge in [-0.05, 0) is 25.0 Å². The van der Waals surface area contributed by atoms with Crippen LogP contribution in [-0.2, 0) is 13.0 Å². The van der Waals surface area contributed by atoms with Crippen molar-refractivity contribution in [2.24, 2.45) is 0 Å². The number of aryl methyl sites for hydroxylation is 3. The average Bonchev–Trinajstić information content (AvgIpc) is 2.82. The first kappa shape index (κ1) is 16.4. The van der Waals surface area contributed by atoms with Crippen LogP contribution < -0.4 is 0 Å². The van der Waals surface area contributed by atoms with Crippen molar-refractivity contribution in [3.63, 3.8) is 0 Å². The zero-order valence-electron chi connectivity index (χ0n) is 13.4. The zero-order chi connectivity index (χ0) is 15.1. The van der Waals surface area contributed by atoms with Crippen LogP contribution in [-0.4, -0.2) is 15.4 Å². The Balaban J connectivity index is 2.07. The number of rotatable bonds is 9. The molecule has 3 heteroatoms. The Morgan fingerprint density at radius 3 is 2.62 bits per heavy atom. The number of benzene rings is 1. The fraction of sp³-hybridized carbons (Fsp3) is 0.611. The summed E-state index contributed by atoms with van der Waals surface area (Å²) < 4.78 is 2.40. The second kappa shape index (κ2) is 8.43. The molecule has 0 aliphatic rings. The monoisotopic (exact) mass is 306 g/mol. The Kier molecular flexibility index (Phi) is 6.56. The molecule has 2 aromatic rings. The van der Waals surface area contributed by atoms with Crippen molar-refractivity contribution in [2.45, 2.75) is 65.3 Å². The molecule has 0 saturated carbocycles. The maximum absolute atomic E-state index is 5.94. The van der Waals surface area contributed by atoms with Gasteiger partial charge in [0.25, 0.3) is 0 Å². The molecule has 0 aliphatic heterocycles. The lowest BCUT2D eigenvalue weighted by Crippen LogP contribution is -2.05. The summed E-state index contributed by atoms with van der Waals surface area (Å²) in [7, 11) is 0. The van der Waals surface area contributed by atoms with Crippen LogP contribution in [0, 0.1) is 6.92 Å². The van der Waals surface area contributed by atoms with Gasteiger partial charge >= 0.3 is 0 Å². The fourth-order valence-electron chi connectivity index (χ4n) is 2.98. The third-order valence-corrected chi connectivity index (χ3v) is 4.29. The highest BCUT2D eigenvalue weighted by atomic mass is 35.5. The second-order valence-corrected chi connectivity index (χ2v) is 6.21. The summed E-state index contributed by atoms with van der Waals surface area (Å²) in [5.41, 5.74) is 3.72. The summed E-state index contributed by atoms with van der Waals surface area (Å²) in [6, 6.07) is 6.37. The maximum Gasteiger partial charge on any atom is 0.111 e. The molecular formula is C18H27ClN2. The van der Waals surface area contributed by atoms with Crippen molar-refractivity contribution < 1.29 is 0 Å². The molecule has 0 unspecified atom stereocenters. The molecular weight excluding hydrogens is 280 g/mol. The second-order valence-electron chi connectivity index (χ2n) is 5.83. The number of nitrogens with zero attached hydrogens (tertiary/aromatic N) is 2. The number of hydrogen-bond acceptors (Lipinski definition) is 1. The number of para-hydroxylation sites is 1. The molecule has 0 atom stereocenters. The molecule has 0 saturated heterocycles. The molecule has 0 N–H and O–H groups in total. The molecule has 0 bridgehead atoms. The topological polar surface area (TPSA) is 17.8 Å². The summed E-state index contributed by atoms with van der Waals surface area (Å²) >= 11 is 5.94. The van der Waals surface area contributed by atoms with Crippen molar-refractivity contribution in [1.82, 2.24) is 9.55 Å². The fourth-order valence-corrected chi connectivity index (χ4v) is 3.15. The molecule has 2 rings (SSSR count). The molecule has 1 heterocycles. The Hall–Kier alpha value is -1.02. The normalized spacial score (nSPS) is 11.4. The summed E-state index contributed by atoms with van der Waals surface area (Å²) in [6.07, 6.45) is 8.80. The summed E-state index contributed by atoms with van der Waals surface area (Å²) in [4.78, 5) is 4.77. The molecule has 0 aliphatic carbocycles. The van der Waals surface area contributed by atoms with Gasteiger partial charge in [-0.3, -0.25) is 0 Å². The Labute approximate surface area is 133 Å². The lowest BCUT2D eigenvalue weighted by molar-refractivity contribution is 0.554. The molecule has 1 aromatic heterocycles. The lowest BCUT2D eigenvalue weighted by Gasteiger charge is -2.10. The van der Waals surface area contributed by atoms with E-state index in [-0.39, 0.29) is 0 Å². The largest absolute Gasteiger partial charge is 0.328 e. The van der Waals surface area contributed by atoms with E-state index in [2.05, 4.69) is 36.6 Å². The highest BCUT2D eigenvalue weighted by Gasteiger charge is 2.11. The van der Waals surface area contributed by atoms with Crippen LogP contribution >= 0.6 is 11.6 Å².